The minimum absolute atomic E-state index is 0.000373. The molecule has 1 fully saturated rings. The zero-order chi connectivity index (χ0) is 25.2. The Morgan fingerprint density at radius 2 is 1.53 bits per heavy atom. The normalized spacial score (nSPS) is 16.5. The molecule has 1 aliphatic rings. The summed E-state index contributed by atoms with van der Waals surface area (Å²) in [7, 11) is 0. The van der Waals surface area contributed by atoms with Crippen LogP contribution in [0.3, 0.4) is 0 Å². The lowest BCUT2D eigenvalue weighted by molar-refractivity contribution is -0.135. The zero-order valence-corrected chi connectivity index (χ0v) is 21.2. The van der Waals surface area contributed by atoms with Crippen LogP contribution in [-0.2, 0) is 9.53 Å². The highest BCUT2D eigenvalue weighted by molar-refractivity contribution is 5.80. The summed E-state index contributed by atoms with van der Waals surface area (Å²) in [5.74, 6) is 0.786. The van der Waals surface area contributed by atoms with Gasteiger partial charge in [0, 0.05) is 23.4 Å². The van der Waals surface area contributed by atoms with Gasteiger partial charge in [-0.05, 0) is 55.3 Å². The van der Waals surface area contributed by atoms with Crippen LogP contribution >= 0.6 is 0 Å². The van der Waals surface area contributed by atoms with Crippen molar-refractivity contribution in [3.8, 4) is 34.1 Å². The monoisotopic (exact) mass is 489 g/mol. The zero-order valence-electron chi connectivity index (χ0n) is 21.2. The molecule has 2 aromatic heterocycles. The molecule has 1 aromatic carbocycles. The van der Waals surface area contributed by atoms with Gasteiger partial charge in [0.25, 0.3) is 0 Å². The molecular weight excluding hydrogens is 454 g/mol. The Morgan fingerprint density at radius 3 is 2.19 bits per heavy atom. The van der Waals surface area contributed by atoms with E-state index in [4.69, 9.17) is 14.2 Å². The molecule has 1 saturated heterocycles. The van der Waals surface area contributed by atoms with Crippen molar-refractivity contribution in [1.82, 2.24) is 15.2 Å². The summed E-state index contributed by atoms with van der Waals surface area (Å²) in [6.45, 7) is 4.99. The third kappa shape index (κ3) is 7.34. The molecule has 3 aromatic rings. The van der Waals surface area contributed by atoms with E-state index in [1.54, 1.807) is 18.3 Å². The number of benzene rings is 1. The molecule has 36 heavy (non-hydrogen) atoms. The number of nitrogens with zero attached hydrogens (tertiary/aromatic N) is 3. The van der Waals surface area contributed by atoms with Gasteiger partial charge in [0.05, 0.1) is 24.1 Å². The number of hydrogen-bond donors (Lipinski definition) is 0. The predicted molar refractivity (Wildman–Crippen MR) is 139 cm³/mol. The van der Waals surface area contributed by atoms with Crippen LogP contribution in [0.15, 0.2) is 54.7 Å². The SMILES string of the molecule is CCCCCCCCOc1ccc(-c2ccc(-c3ccc(OC(=O)C4OC4CCC)cc3)nn2)cn1. The van der Waals surface area contributed by atoms with Crippen molar-refractivity contribution in [1.29, 1.82) is 0 Å². The fourth-order valence-corrected chi connectivity index (χ4v) is 4.04. The van der Waals surface area contributed by atoms with E-state index in [1.165, 1.54) is 32.1 Å². The highest BCUT2D eigenvalue weighted by atomic mass is 16.6. The molecule has 0 amide bonds. The first-order chi connectivity index (χ1) is 17.7. The molecule has 1 aliphatic heterocycles. The quantitative estimate of drug-likeness (QED) is 0.112. The average molecular weight is 490 g/mol. The van der Waals surface area contributed by atoms with Gasteiger partial charge in [-0.3, -0.25) is 0 Å². The maximum Gasteiger partial charge on any atom is 0.343 e. The van der Waals surface area contributed by atoms with Crippen LogP contribution in [0.5, 0.6) is 11.6 Å². The van der Waals surface area contributed by atoms with E-state index < -0.39 is 6.10 Å². The fraction of sp³-hybridized carbons (Fsp3) is 0.448. The second-order valence-electron chi connectivity index (χ2n) is 9.13. The lowest BCUT2D eigenvalue weighted by atomic mass is 10.1. The first-order valence-corrected chi connectivity index (χ1v) is 13.1. The third-order valence-corrected chi connectivity index (χ3v) is 6.20. The van der Waals surface area contributed by atoms with Crippen molar-refractivity contribution in [2.24, 2.45) is 0 Å². The largest absolute Gasteiger partial charge is 0.478 e. The molecule has 7 heteroatoms. The van der Waals surface area contributed by atoms with Crippen molar-refractivity contribution in [2.45, 2.75) is 77.4 Å². The Kier molecular flexibility index (Phi) is 9.39. The Balaban J connectivity index is 1.25. The minimum atomic E-state index is -0.432. The van der Waals surface area contributed by atoms with Gasteiger partial charge in [0.15, 0.2) is 6.10 Å². The van der Waals surface area contributed by atoms with Crippen LogP contribution in [0.25, 0.3) is 22.5 Å². The molecule has 0 N–H and O–H groups in total. The number of carbonyl (C=O) groups is 1. The summed E-state index contributed by atoms with van der Waals surface area (Å²) in [5.41, 5.74) is 3.24. The molecule has 0 spiro atoms. The Labute approximate surface area is 213 Å². The third-order valence-electron chi connectivity index (χ3n) is 6.20. The van der Waals surface area contributed by atoms with Gasteiger partial charge in [-0.2, -0.15) is 0 Å². The average Bonchev–Trinajstić information content (AvgIpc) is 3.69. The van der Waals surface area contributed by atoms with E-state index in [9.17, 15) is 4.79 Å². The number of hydrogen-bond acceptors (Lipinski definition) is 7. The number of ether oxygens (including phenoxy) is 3. The van der Waals surface area contributed by atoms with Crippen LogP contribution in [-0.4, -0.2) is 40.0 Å². The van der Waals surface area contributed by atoms with Crippen molar-refractivity contribution in [2.75, 3.05) is 6.61 Å². The number of unbranched alkanes of at least 4 members (excludes halogenated alkanes) is 5. The second kappa shape index (κ2) is 13.1. The van der Waals surface area contributed by atoms with E-state index in [0.717, 1.165) is 41.8 Å². The van der Waals surface area contributed by atoms with Crippen LogP contribution in [0, 0.1) is 0 Å². The van der Waals surface area contributed by atoms with E-state index in [1.807, 2.05) is 36.4 Å². The highest BCUT2D eigenvalue weighted by Gasteiger charge is 2.45. The van der Waals surface area contributed by atoms with Gasteiger partial charge < -0.3 is 14.2 Å². The number of esters is 1. The summed E-state index contributed by atoms with van der Waals surface area (Å²) < 4.78 is 16.6. The van der Waals surface area contributed by atoms with Crippen molar-refractivity contribution in [3.05, 3.63) is 54.7 Å². The van der Waals surface area contributed by atoms with Gasteiger partial charge in [-0.1, -0.05) is 52.4 Å². The van der Waals surface area contributed by atoms with E-state index in [-0.39, 0.29) is 12.1 Å². The van der Waals surface area contributed by atoms with Crippen LogP contribution in [0.1, 0.15) is 65.2 Å². The van der Waals surface area contributed by atoms with Crippen molar-refractivity contribution < 1.29 is 19.0 Å². The molecule has 0 bridgehead atoms. The molecule has 0 saturated carbocycles. The Bertz CT molecular complexity index is 1090. The summed E-state index contributed by atoms with van der Waals surface area (Å²) in [5, 5.41) is 8.72. The first kappa shape index (κ1) is 25.8. The van der Waals surface area contributed by atoms with Crippen LogP contribution in [0.4, 0.5) is 0 Å². The molecule has 0 aliphatic carbocycles. The maximum absolute atomic E-state index is 12.1. The Hall–Kier alpha value is -3.32. The minimum Gasteiger partial charge on any atom is -0.478 e. The first-order valence-electron chi connectivity index (χ1n) is 13.1. The molecule has 4 rings (SSSR count). The molecule has 2 unspecified atom stereocenters. The Morgan fingerprint density at radius 1 is 0.833 bits per heavy atom. The molecule has 0 radical (unpaired) electrons. The molecule has 2 atom stereocenters. The molecule has 3 heterocycles. The van der Waals surface area contributed by atoms with Gasteiger partial charge in [-0.15, -0.1) is 10.2 Å². The number of aromatic nitrogens is 3. The van der Waals surface area contributed by atoms with Crippen LogP contribution < -0.4 is 9.47 Å². The standard InChI is InChI=1S/C29H35N3O4/c1-3-5-6-7-8-9-19-34-27-18-13-22(20-30-27)25-17-16-24(31-32-25)21-11-14-23(15-12-21)35-29(33)28-26(36-28)10-4-2/h11-18,20,26,28H,3-10,19H2,1-2H3. The van der Waals surface area contributed by atoms with Gasteiger partial charge >= 0.3 is 5.97 Å². The summed E-state index contributed by atoms with van der Waals surface area (Å²) in [6.07, 6.45) is 10.6. The lowest BCUT2D eigenvalue weighted by Crippen LogP contribution is -2.17. The van der Waals surface area contributed by atoms with E-state index >= 15 is 0 Å². The predicted octanol–water partition coefficient (Wildman–Crippen LogP) is 6.42. The van der Waals surface area contributed by atoms with Crippen LogP contribution in [0.2, 0.25) is 0 Å². The second-order valence-corrected chi connectivity index (χ2v) is 9.13. The topological polar surface area (TPSA) is 86.7 Å². The van der Waals surface area contributed by atoms with Gasteiger partial charge in [0.1, 0.15) is 5.75 Å². The number of carbonyl (C=O) groups excluding carboxylic acids is 1. The van der Waals surface area contributed by atoms with E-state index in [0.29, 0.717) is 18.2 Å². The van der Waals surface area contributed by atoms with Crippen molar-refractivity contribution in [3.63, 3.8) is 0 Å². The molecule has 190 valence electrons. The van der Waals surface area contributed by atoms with Gasteiger partial charge in [0.2, 0.25) is 5.88 Å². The van der Waals surface area contributed by atoms with Gasteiger partial charge in [-0.25, -0.2) is 9.78 Å². The van der Waals surface area contributed by atoms with E-state index in [2.05, 4.69) is 29.0 Å². The van der Waals surface area contributed by atoms with Crippen molar-refractivity contribution >= 4 is 5.97 Å². The smallest absolute Gasteiger partial charge is 0.343 e. The number of pyridine rings is 1. The summed E-state index contributed by atoms with van der Waals surface area (Å²) in [6, 6.07) is 14.9. The molecular formula is C29H35N3O4. The lowest BCUT2D eigenvalue weighted by Gasteiger charge is -2.07. The summed E-state index contributed by atoms with van der Waals surface area (Å²) in [4.78, 5) is 16.5. The fourth-order valence-electron chi connectivity index (χ4n) is 4.04. The highest BCUT2D eigenvalue weighted by Crippen LogP contribution is 2.29. The number of epoxide rings is 1. The molecule has 7 nitrogen and oxygen atoms in total. The summed E-state index contributed by atoms with van der Waals surface area (Å²) >= 11 is 0. The number of rotatable bonds is 14. The maximum atomic E-state index is 12.1.